The smallest absolute Gasteiger partial charge is 0.277 e. The molecule has 0 atom stereocenters. The molecule has 8 rings (SSSR count). The normalized spacial score (nSPS) is 11.3. The Morgan fingerprint density at radius 1 is 0.444 bits per heavy atom. The van der Waals surface area contributed by atoms with Crippen molar-refractivity contribution in [2.45, 2.75) is 0 Å². The van der Waals surface area contributed by atoms with Gasteiger partial charge in [-0.1, -0.05) is 60.7 Å². The van der Waals surface area contributed by atoms with Gasteiger partial charge in [-0.2, -0.15) is 0 Å². The first-order valence-electron chi connectivity index (χ1n) is 14.9. The van der Waals surface area contributed by atoms with Crippen molar-refractivity contribution in [1.82, 2.24) is 9.13 Å². The number of hydrogen-bond acceptors (Lipinski definition) is 2. The Morgan fingerprint density at radius 3 is 1.42 bits per heavy atom. The summed E-state index contributed by atoms with van der Waals surface area (Å²) in [6.07, 6.45) is 4.19. The van der Waals surface area contributed by atoms with Gasteiger partial charge in [0.15, 0.2) is 0 Å². The van der Waals surface area contributed by atoms with E-state index in [1.54, 1.807) is 12.1 Å². The highest BCUT2D eigenvalue weighted by molar-refractivity contribution is 5.92. The Hall–Kier alpha value is -6.20. The van der Waals surface area contributed by atoms with E-state index in [1.807, 2.05) is 48.5 Å². The number of rotatable bonds is 6. The Labute approximate surface area is 260 Å². The molecule has 0 bridgehead atoms. The van der Waals surface area contributed by atoms with Crippen LogP contribution in [0.1, 0.15) is 0 Å². The van der Waals surface area contributed by atoms with Gasteiger partial charge in [0, 0.05) is 40.6 Å². The van der Waals surface area contributed by atoms with Gasteiger partial charge in [-0.05, 0) is 113 Å². The first-order chi connectivity index (χ1) is 22.1. The van der Waals surface area contributed by atoms with E-state index in [0.717, 1.165) is 61.0 Å². The van der Waals surface area contributed by atoms with Crippen LogP contribution in [0.15, 0.2) is 164 Å². The molecule has 2 heterocycles. The summed E-state index contributed by atoms with van der Waals surface area (Å²) in [6, 6.07) is 51.1. The first-order valence-corrected chi connectivity index (χ1v) is 14.9. The number of aromatic nitrogens is 2. The molecule has 0 N–H and O–H groups in total. The second-order valence-corrected chi connectivity index (χ2v) is 11.2. The quantitative estimate of drug-likeness (QED) is 0.145. The highest BCUT2D eigenvalue weighted by atomic mass is 16.6. The molecule has 214 valence electrons. The maximum absolute atomic E-state index is 12.0. The van der Waals surface area contributed by atoms with Crippen molar-refractivity contribution in [3.8, 4) is 44.8 Å². The molecule has 0 unspecified atom stereocenters. The summed E-state index contributed by atoms with van der Waals surface area (Å²) in [6.45, 7) is 0. The second kappa shape index (κ2) is 10.8. The van der Waals surface area contributed by atoms with Gasteiger partial charge in [0.1, 0.15) is 0 Å². The summed E-state index contributed by atoms with van der Waals surface area (Å²) in [7, 11) is 0. The molecule has 6 aromatic carbocycles. The average Bonchev–Trinajstić information content (AvgIpc) is 3.73. The van der Waals surface area contributed by atoms with Crippen LogP contribution in [-0.4, -0.2) is 14.1 Å². The SMILES string of the molecule is O=[N+]([O-])c1ccccc1-c1cc(-c2ccc3c(ccn3-c3ccccc3)c2)cc(-c2ccc3c(ccn3-c3ccccc3)c2)c1. The molecule has 0 fully saturated rings. The lowest BCUT2D eigenvalue weighted by atomic mass is 9.92. The molecule has 0 saturated heterocycles. The van der Waals surface area contributed by atoms with Crippen molar-refractivity contribution in [3.05, 3.63) is 174 Å². The maximum Gasteiger partial charge on any atom is 0.277 e. The van der Waals surface area contributed by atoms with Crippen molar-refractivity contribution in [2.75, 3.05) is 0 Å². The summed E-state index contributed by atoms with van der Waals surface area (Å²) >= 11 is 0. The topological polar surface area (TPSA) is 53.0 Å². The Balaban J connectivity index is 1.28. The molecule has 8 aromatic rings. The molecule has 45 heavy (non-hydrogen) atoms. The minimum absolute atomic E-state index is 0.0892. The number of fused-ring (bicyclic) bond motifs is 2. The predicted molar refractivity (Wildman–Crippen MR) is 183 cm³/mol. The molecule has 0 aliphatic heterocycles. The standard InChI is InChI=1S/C40H27N3O2/c44-43(45)40-14-8-7-13-37(40)34-26-32(28-15-17-38-30(23-28)19-21-41(38)35-9-3-1-4-10-35)25-33(27-34)29-16-18-39-31(24-29)20-22-42(39)36-11-5-2-6-12-36/h1-27H. The van der Waals surface area contributed by atoms with Gasteiger partial charge in [-0.3, -0.25) is 10.1 Å². The summed E-state index contributed by atoms with van der Waals surface area (Å²) in [5.74, 6) is 0. The third-order valence-corrected chi connectivity index (χ3v) is 8.46. The van der Waals surface area contributed by atoms with E-state index in [4.69, 9.17) is 0 Å². The summed E-state index contributed by atoms with van der Waals surface area (Å²) in [5, 5.41) is 14.3. The number of nitro benzene ring substituents is 1. The number of nitro groups is 1. The lowest BCUT2D eigenvalue weighted by Gasteiger charge is -2.13. The molecular formula is C40H27N3O2. The lowest BCUT2D eigenvalue weighted by Crippen LogP contribution is -1.93. The average molecular weight is 582 g/mol. The monoisotopic (exact) mass is 581 g/mol. The fourth-order valence-corrected chi connectivity index (χ4v) is 6.27. The van der Waals surface area contributed by atoms with Crippen LogP contribution in [0.25, 0.3) is 66.6 Å². The van der Waals surface area contributed by atoms with E-state index in [-0.39, 0.29) is 10.6 Å². The third kappa shape index (κ3) is 4.77. The van der Waals surface area contributed by atoms with Gasteiger partial charge in [-0.15, -0.1) is 0 Å². The molecule has 5 heteroatoms. The summed E-state index contributed by atoms with van der Waals surface area (Å²) in [5.41, 5.74) is 10.0. The van der Waals surface area contributed by atoms with E-state index in [1.165, 1.54) is 0 Å². The van der Waals surface area contributed by atoms with Gasteiger partial charge in [0.25, 0.3) is 5.69 Å². The van der Waals surface area contributed by atoms with E-state index >= 15 is 0 Å². The summed E-state index contributed by atoms with van der Waals surface area (Å²) < 4.78 is 4.37. The number of nitrogens with zero attached hydrogens (tertiary/aromatic N) is 3. The van der Waals surface area contributed by atoms with Crippen LogP contribution < -0.4 is 0 Å². The van der Waals surface area contributed by atoms with Crippen molar-refractivity contribution >= 4 is 27.5 Å². The van der Waals surface area contributed by atoms with Crippen LogP contribution in [0.5, 0.6) is 0 Å². The summed E-state index contributed by atoms with van der Waals surface area (Å²) in [4.78, 5) is 11.7. The predicted octanol–water partition coefficient (Wildman–Crippen LogP) is 10.5. The van der Waals surface area contributed by atoms with Crippen LogP contribution in [-0.2, 0) is 0 Å². The zero-order valence-corrected chi connectivity index (χ0v) is 24.2. The highest BCUT2D eigenvalue weighted by Crippen LogP contribution is 2.38. The highest BCUT2D eigenvalue weighted by Gasteiger charge is 2.17. The van der Waals surface area contributed by atoms with Crippen LogP contribution in [0.2, 0.25) is 0 Å². The van der Waals surface area contributed by atoms with Gasteiger partial charge in [0.2, 0.25) is 0 Å². The van der Waals surface area contributed by atoms with E-state index in [0.29, 0.717) is 5.56 Å². The van der Waals surface area contributed by atoms with Gasteiger partial charge in [-0.25, -0.2) is 0 Å². The number of hydrogen-bond donors (Lipinski definition) is 0. The van der Waals surface area contributed by atoms with E-state index in [2.05, 4.69) is 113 Å². The lowest BCUT2D eigenvalue weighted by molar-refractivity contribution is -0.384. The largest absolute Gasteiger partial charge is 0.317 e. The van der Waals surface area contributed by atoms with Crippen molar-refractivity contribution in [1.29, 1.82) is 0 Å². The minimum Gasteiger partial charge on any atom is -0.317 e. The second-order valence-electron chi connectivity index (χ2n) is 11.2. The zero-order chi connectivity index (χ0) is 30.3. The molecule has 5 nitrogen and oxygen atoms in total. The van der Waals surface area contributed by atoms with Gasteiger partial charge >= 0.3 is 0 Å². The molecule has 2 aromatic heterocycles. The van der Waals surface area contributed by atoms with E-state index < -0.39 is 0 Å². The van der Waals surface area contributed by atoms with Gasteiger partial charge < -0.3 is 9.13 Å². The van der Waals surface area contributed by atoms with Crippen LogP contribution >= 0.6 is 0 Å². The van der Waals surface area contributed by atoms with Crippen LogP contribution in [0, 0.1) is 10.1 Å². The van der Waals surface area contributed by atoms with Crippen molar-refractivity contribution in [3.63, 3.8) is 0 Å². The molecule has 0 aliphatic rings. The Bertz CT molecular complexity index is 2220. The first kappa shape index (κ1) is 26.4. The molecular weight excluding hydrogens is 554 g/mol. The fourth-order valence-electron chi connectivity index (χ4n) is 6.27. The number of para-hydroxylation sites is 3. The maximum atomic E-state index is 12.0. The van der Waals surface area contributed by atoms with Crippen LogP contribution in [0.3, 0.4) is 0 Å². The Morgan fingerprint density at radius 2 is 0.911 bits per heavy atom. The third-order valence-electron chi connectivity index (χ3n) is 8.46. The minimum atomic E-state index is -0.307. The van der Waals surface area contributed by atoms with Crippen molar-refractivity contribution < 1.29 is 4.92 Å². The Kier molecular flexibility index (Phi) is 6.35. The zero-order valence-electron chi connectivity index (χ0n) is 24.2. The molecule has 0 radical (unpaired) electrons. The van der Waals surface area contributed by atoms with Crippen LogP contribution in [0.4, 0.5) is 5.69 Å². The number of benzene rings is 6. The molecule has 0 saturated carbocycles. The van der Waals surface area contributed by atoms with Gasteiger partial charge in [0.05, 0.1) is 21.5 Å². The molecule has 0 aliphatic carbocycles. The van der Waals surface area contributed by atoms with Crippen molar-refractivity contribution in [2.24, 2.45) is 0 Å². The molecule has 0 amide bonds. The van der Waals surface area contributed by atoms with E-state index in [9.17, 15) is 10.1 Å². The molecule has 0 spiro atoms. The fraction of sp³-hybridized carbons (Fsp3) is 0.